The standard InChI is InChI=1S/C26H19F4NO2/c27-24-13-12-17(15-23(24)26(28,29)30)7-5-6-14-31-25(32)33-16-22-20-10-3-1-8-18(20)19-9-2-4-11-21(19)22/h1-4,8-13,15,22H,6,14,16H2,(H,31,32). The number of rotatable bonds is 4. The highest BCUT2D eigenvalue weighted by molar-refractivity contribution is 5.79. The Morgan fingerprint density at radius 2 is 1.61 bits per heavy atom. The minimum absolute atomic E-state index is 0.0462. The van der Waals surface area contributed by atoms with Gasteiger partial charge in [-0.25, -0.2) is 9.18 Å². The molecule has 168 valence electrons. The quantitative estimate of drug-likeness (QED) is 0.293. The van der Waals surface area contributed by atoms with Crippen LogP contribution in [0.15, 0.2) is 66.7 Å². The van der Waals surface area contributed by atoms with Crippen LogP contribution in [0, 0.1) is 17.7 Å². The Bertz CT molecular complexity index is 1200. The molecule has 4 rings (SSSR count). The molecule has 0 saturated carbocycles. The second kappa shape index (κ2) is 9.37. The van der Waals surface area contributed by atoms with Crippen LogP contribution in [0.4, 0.5) is 22.4 Å². The van der Waals surface area contributed by atoms with Crippen LogP contribution in [0.25, 0.3) is 11.1 Å². The summed E-state index contributed by atoms with van der Waals surface area (Å²) < 4.78 is 57.0. The number of nitrogens with one attached hydrogen (secondary N) is 1. The summed E-state index contributed by atoms with van der Waals surface area (Å²) in [6.45, 7) is 0.346. The predicted octanol–water partition coefficient (Wildman–Crippen LogP) is 6.12. The minimum Gasteiger partial charge on any atom is -0.449 e. The van der Waals surface area contributed by atoms with Crippen molar-refractivity contribution < 1.29 is 27.1 Å². The molecule has 0 radical (unpaired) electrons. The maximum Gasteiger partial charge on any atom is 0.419 e. The number of carbonyl (C=O) groups excluding carboxylic acids is 1. The number of carbonyl (C=O) groups is 1. The topological polar surface area (TPSA) is 38.3 Å². The van der Waals surface area contributed by atoms with Gasteiger partial charge in [0.2, 0.25) is 0 Å². The first-order valence-corrected chi connectivity index (χ1v) is 10.3. The zero-order chi connectivity index (χ0) is 23.4. The number of benzene rings is 3. The number of hydrogen-bond acceptors (Lipinski definition) is 2. The maximum absolute atomic E-state index is 13.3. The van der Waals surface area contributed by atoms with E-state index in [1.54, 1.807) is 0 Å². The van der Waals surface area contributed by atoms with Gasteiger partial charge >= 0.3 is 12.3 Å². The van der Waals surface area contributed by atoms with Gasteiger partial charge in [0.05, 0.1) is 5.56 Å². The Balaban J connectivity index is 1.29. The minimum atomic E-state index is -4.78. The zero-order valence-electron chi connectivity index (χ0n) is 17.4. The molecule has 0 saturated heterocycles. The average Bonchev–Trinajstić information content (AvgIpc) is 3.11. The largest absolute Gasteiger partial charge is 0.449 e. The van der Waals surface area contributed by atoms with E-state index in [-0.39, 0.29) is 31.1 Å². The Morgan fingerprint density at radius 1 is 0.970 bits per heavy atom. The van der Waals surface area contributed by atoms with Crippen molar-refractivity contribution in [3.8, 4) is 23.0 Å². The van der Waals surface area contributed by atoms with Gasteiger partial charge in [-0.15, -0.1) is 0 Å². The van der Waals surface area contributed by atoms with E-state index in [0.29, 0.717) is 6.07 Å². The molecule has 0 fully saturated rings. The van der Waals surface area contributed by atoms with Gasteiger partial charge in [0, 0.05) is 24.4 Å². The van der Waals surface area contributed by atoms with Crippen molar-refractivity contribution >= 4 is 6.09 Å². The number of ether oxygens (including phenoxy) is 1. The third-order valence-electron chi connectivity index (χ3n) is 5.37. The third-order valence-corrected chi connectivity index (χ3v) is 5.37. The summed E-state index contributed by atoms with van der Waals surface area (Å²) in [5.41, 5.74) is 3.17. The van der Waals surface area contributed by atoms with Gasteiger partial charge in [0.1, 0.15) is 12.4 Å². The van der Waals surface area contributed by atoms with E-state index in [0.717, 1.165) is 28.3 Å². The van der Waals surface area contributed by atoms with E-state index in [4.69, 9.17) is 4.74 Å². The molecule has 0 spiro atoms. The van der Waals surface area contributed by atoms with Crippen molar-refractivity contribution in [3.63, 3.8) is 0 Å². The Hall–Kier alpha value is -3.79. The predicted molar refractivity (Wildman–Crippen MR) is 116 cm³/mol. The molecule has 7 heteroatoms. The lowest BCUT2D eigenvalue weighted by molar-refractivity contribution is -0.140. The second-order valence-electron chi connectivity index (χ2n) is 7.50. The SMILES string of the molecule is O=C(NCCC#Cc1ccc(F)c(C(F)(F)F)c1)OCC1c2ccccc2-c2ccccc21. The summed E-state index contributed by atoms with van der Waals surface area (Å²) in [6.07, 6.45) is -5.18. The molecule has 1 aliphatic rings. The zero-order valence-corrected chi connectivity index (χ0v) is 17.4. The van der Waals surface area contributed by atoms with Gasteiger partial charge in [-0.2, -0.15) is 13.2 Å². The summed E-state index contributed by atoms with van der Waals surface area (Å²) in [6, 6.07) is 18.6. The number of fused-ring (bicyclic) bond motifs is 3. The van der Waals surface area contributed by atoms with Crippen molar-refractivity contribution in [2.45, 2.75) is 18.5 Å². The summed E-state index contributed by atoms with van der Waals surface area (Å²) in [4.78, 5) is 12.1. The Labute approximate surface area is 188 Å². The van der Waals surface area contributed by atoms with Crippen LogP contribution < -0.4 is 5.32 Å². The van der Waals surface area contributed by atoms with Gasteiger partial charge in [-0.1, -0.05) is 60.4 Å². The summed E-state index contributed by atoms with van der Waals surface area (Å²) >= 11 is 0. The molecule has 0 aliphatic heterocycles. The average molecular weight is 453 g/mol. The van der Waals surface area contributed by atoms with Crippen LogP contribution in [0.5, 0.6) is 0 Å². The molecule has 3 nitrogen and oxygen atoms in total. The van der Waals surface area contributed by atoms with Crippen LogP contribution in [0.1, 0.15) is 34.6 Å². The molecule has 3 aromatic carbocycles. The van der Waals surface area contributed by atoms with Gasteiger partial charge in [0.15, 0.2) is 0 Å². The fraction of sp³-hybridized carbons (Fsp3) is 0.192. The molecule has 33 heavy (non-hydrogen) atoms. The van der Waals surface area contributed by atoms with Gasteiger partial charge in [-0.3, -0.25) is 0 Å². The lowest BCUT2D eigenvalue weighted by Crippen LogP contribution is -2.26. The van der Waals surface area contributed by atoms with Crippen LogP contribution in [0.3, 0.4) is 0 Å². The van der Waals surface area contributed by atoms with Crippen molar-refractivity contribution in [2.75, 3.05) is 13.2 Å². The van der Waals surface area contributed by atoms with Crippen molar-refractivity contribution in [3.05, 3.63) is 94.8 Å². The number of alkyl carbamates (subject to hydrolysis) is 1. The fourth-order valence-corrected chi connectivity index (χ4v) is 3.86. The number of hydrogen-bond donors (Lipinski definition) is 1. The van der Waals surface area contributed by atoms with Gasteiger partial charge in [-0.05, 0) is 40.5 Å². The first kappa shape index (κ1) is 22.4. The number of alkyl halides is 3. The summed E-state index contributed by atoms with van der Waals surface area (Å²) in [7, 11) is 0. The van der Waals surface area contributed by atoms with Crippen molar-refractivity contribution in [2.24, 2.45) is 0 Å². The Morgan fingerprint density at radius 3 is 2.24 bits per heavy atom. The van der Waals surface area contributed by atoms with Crippen molar-refractivity contribution in [1.82, 2.24) is 5.32 Å². The smallest absolute Gasteiger partial charge is 0.419 e. The highest BCUT2D eigenvalue weighted by Gasteiger charge is 2.34. The normalized spacial score (nSPS) is 12.4. The van der Waals surface area contributed by atoms with Crippen LogP contribution >= 0.6 is 0 Å². The Kier molecular flexibility index (Phi) is 6.36. The van der Waals surface area contributed by atoms with E-state index in [9.17, 15) is 22.4 Å². The molecule has 0 atom stereocenters. The highest BCUT2D eigenvalue weighted by Crippen LogP contribution is 2.44. The van der Waals surface area contributed by atoms with Gasteiger partial charge < -0.3 is 10.1 Å². The lowest BCUT2D eigenvalue weighted by Gasteiger charge is -2.14. The van der Waals surface area contributed by atoms with E-state index in [2.05, 4.69) is 17.2 Å². The number of amides is 1. The van der Waals surface area contributed by atoms with E-state index >= 15 is 0 Å². The van der Waals surface area contributed by atoms with Crippen LogP contribution in [-0.4, -0.2) is 19.2 Å². The third kappa shape index (κ3) is 5.01. The number of halogens is 4. The van der Waals surface area contributed by atoms with E-state index in [1.165, 1.54) is 6.07 Å². The van der Waals surface area contributed by atoms with Crippen LogP contribution in [0.2, 0.25) is 0 Å². The molecule has 1 aliphatic carbocycles. The summed E-state index contributed by atoms with van der Waals surface area (Å²) in [5.74, 6) is 3.82. The van der Waals surface area contributed by atoms with Crippen LogP contribution in [-0.2, 0) is 10.9 Å². The highest BCUT2D eigenvalue weighted by atomic mass is 19.4. The second-order valence-corrected chi connectivity index (χ2v) is 7.50. The molecule has 0 heterocycles. The van der Waals surface area contributed by atoms with E-state index in [1.807, 2.05) is 48.5 Å². The molecule has 0 aromatic heterocycles. The maximum atomic E-state index is 13.3. The van der Waals surface area contributed by atoms with Crippen molar-refractivity contribution in [1.29, 1.82) is 0 Å². The summed E-state index contributed by atoms with van der Waals surface area (Å²) in [5, 5.41) is 2.58. The molecule has 0 unspecified atom stereocenters. The first-order chi connectivity index (χ1) is 15.8. The fourth-order valence-electron chi connectivity index (χ4n) is 3.86. The molecule has 1 amide bonds. The molecule has 3 aromatic rings. The first-order valence-electron chi connectivity index (χ1n) is 10.3. The monoisotopic (exact) mass is 453 g/mol. The molecule has 1 N–H and O–H groups in total. The lowest BCUT2D eigenvalue weighted by atomic mass is 9.98. The van der Waals surface area contributed by atoms with E-state index < -0.39 is 23.7 Å². The molecule has 0 bridgehead atoms. The van der Waals surface area contributed by atoms with Gasteiger partial charge in [0.25, 0.3) is 0 Å². The molecular formula is C26H19F4NO2. The molecular weight excluding hydrogens is 434 g/mol.